The number of aliphatic hydroxyl groups excluding tert-OH is 2. The molecule has 1 aliphatic heterocycles. The van der Waals surface area contributed by atoms with Crippen LogP contribution in [0.1, 0.15) is 12.2 Å². The highest BCUT2D eigenvalue weighted by Gasteiger charge is 2.27. The normalized spacial score (nSPS) is 24.3. The number of aliphatic hydroxyl groups is 2. The molecule has 108 valence electrons. The van der Waals surface area contributed by atoms with Crippen LogP contribution in [0.3, 0.4) is 0 Å². The molecule has 0 radical (unpaired) electrons. The topological polar surface area (TPSA) is 89.5 Å². The van der Waals surface area contributed by atoms with Crippen LogP contribution in [-0.2, 0) is 6.54 Å². The highest BCUT2D eigenvalue weighted by Crippen LogP contribution is 2.19. The van der Waals surface area contributed by atoms with Gasteiger partial charge in [0.05, 0.1) is 18.2 Å². The average Bonchev–Trinajstić information content (AvgIpc) is 2.88. The van der Waals surface area contributed by atoms with Crippen LogP contribution in [0.2, 0.25) is 0 Å². The lowest BCUT2D eigenvalue weighted by molar-refractivity contribution is -0.00515. The molecule has 7 heteroatoms. The Hall–Kier alpha value is -1.28. The Morgan fingerprint density at radius 1 is 1.55 bits per heavy atom. The van der Waals surface area contributed by atoms with Crippen LogP contribution in [0.5, 0.6) is 0 Å². The number of β-amino-alcohol motifs (C(OH)–C–C–N with tert-alkyl or cyclic N) is 1. The van der Waals surface area contributed by atoms with E-state index < -0.39 is 6.10 Å². The van der Waals surface area contributed by atoms with E-state index >= 15 is 0 Å². The molecule has 3 heterocycles. The lowest BCUT2D eigenvalue weighted by Crippen LogP contribution is -2.44. The van der Waals surface area contributed by atoms with E-state index in [1.54, 1.807) is 0 Å². The third-order valence-electron chi connectivity index (χ3n) is 3.78. The van der Waals surface area contributed by atoms with Gasteiger partial charge in [0, 0.05) is 19.1 Å². The Labute approximate surface area is 119 Å². The predicted molar refractivity (Wildman–Crippen MR) is 76.7 cm³/mol. The third-order valence-corrected chi connectivity index (χ3v) is 4.68. The van der Waals surface area contributed by atoms with Crippen molar-refractivity contribution in [1.29, 1.82) is 0 Å². The zero-order chi connectivity index (χ0) is 14.1. The van der Waals surface area contributed by atoms with Gasteiger partial charge < -0.3 is 15.2 Å². The quantitative estimate of drug-likeness (QED) is 0.750. The lowest BCUT2D eigenvalue weighted by atomic mass is 9.95. The fourth-order valence-electron chi connectivity index (χ4n) is 2.61. The van der Waals surface area contributed by atoms with E-state index in [4.69, 9.17) is 5.11 Å². The number of aromatic amines is 1. The predicted octanol–water partition coefficient (Wildman–Crippen LogP) is 0.160. The number of H-pyrrole nitrogens is 1. The van der Waals surface area contributed by atoms with Gasteiger partial charge in [0.25, 0.3) is 5.56 Å². The van der Waals surface area contributed by atoms with Crippen molar-refractivity contribution in [2.45, 2.75) is 19.1 Å². The first-order chi connectivity index (χ1) is 9.67. The van der Waals surface area contributed by atoms with Crippen molar-refractivity contribution in [3.63, 3.8) is 0 Å². The molecule has 1 saturated heterocycles. The Balaban J connectivity index is 1.75. The number of likely N-dealkylation sites (tertiary alicyclic amines) is 1. The fourth-order valence-corrected chi connectivity index (χ4v) is 3.34. The summed E-state index contributed by atoms with van der Waals surface area (Å²) in [5.74, 6) is 0.577. The number of rotatable bonds is 3. The summed E-state index contributed by atoms with van der Waals surface area (Å²) in [5.41, 5.74) is 0.616. The van der Waals surface area contributed by atoms with Crippen molar-refractivity contribution in [2.75, 3.05) is 19.7 Å². The number of nitrogens with zero attached hydrogens (tertiary/aromatic N) is 2. The van der Waals surface area contributed by atoms with Gasteiger partial charge in [-0.05, 0) is 24.4 Å². The van der Waals surface area contributed by atoms with Gasteiger partial charge >= 0.3 is 0 Å². The number of fused-ring (bicyclic) bond motifs is 1. The maximum absolute atomic E-state index is 11.9. The SMILES string of the molecule is O=c1[nH]c(CN2CC[C@H](CO)[C@H](O)C2)nc2ccsc12. The Morgan fingerprint density at radius 3 is 3.15 bits per heavy atom. The van der Waals surface area contributed by atoms with Crippen molar-refractivity contribution in [1.82, 2.24) is 14.9 Å². The molecule has 0 bridgehead atoms. The van der Waals surface area contributed by atoms with E-state index in [0.29, 0.717) is 23.6 Å². The Kier molecular flexibility index (Phi) is 3.84. The summed E-state index contributed by atoms with van der Waals surface area (Å²) in [6, 6.07) is 1.84. The van der Waals surface area contributed by atoms with Crippen molar-refractivity contribution in [3.05, 3.63) is 27.6 Å². The van der Waals surface area contributed by atoms with Crippen LogP contribution in [0.4, 0.5) is 0 Å². The first-order valence-electron chi connectivity index (χ1n) is 6.65. The van der Waals surface area contributed by atoms with Crippen LogP contribution < -0.4 is 5.56 Å². The van der Waals surface area contributed by atoms with Gasteiger partial charge in [-0.3, -0.25) is 9.69 Å². The third kappa shape index (κ3) is 2.62. The number of hydrogen-bond acceptors (Lipinski definition) is 6. The smallest absolute Gasteiger partial charge is 0.268 e. The van der Waals surface area contributed by atoms with Crippen molar-refractivity contribution in [2.24, 2.45) is 5.92 Å². The molecule has 0 aromatic carbocycles. The summed E-state index contributed by atoms with van der Waals surface area (Å²) in [7, 11) is 0. The van der Waals surface area contributed by atoms with E-state index in [9.17, 15) is 9.90 Å². The Morgan fingerprint density at radius 2 is 2.40 bits per heavy atom. The summed E-state index contributed by atoms with van der Waals surface area (Å²) in [5, 5.41) is 20.9. The molecule has 2 aromatic heterocycles. The van der Waals surface area contributed by atoms with Gasteiger partial charge in [0.1, 0.15) is 10.5 Å². The van der Waals surface area contributed by atoms with Gasteiger partial charge in [0.15, 0.2) is 0 Å². The zero-order valence-electron chi connectivity index (χ0n) is 11.0. The maximum atomic E-state index is 11.9. The minimum absolute atomic E-state index is 0.0188. The van der Waals surface area contributed by atoms with Gasteiger partial charge in [-0.15, -0.1) is 11.3 Å². The van der Waals surface area contributed by atoms with Crippen LogP contribution in [0, 0.1) is 5.92 Å². The Bertz CT molecular complexity index is 654. The molecular weight excluding hydrogens is 278 g/mol. The van der Waals surface area contributed by atoms with Gasteiger partial charge in [0.2, 0.25) is 0 Å². The van der Waals surface area contributed by atoms with E-state index in [1.807, 2.05) is 16.3 Å². The van der Waals surface area contributed by atoms with Crippen LogP contribution in [-0.4, -0.2) is 50.9 Å². The van der Waals surface area contributed by atoms with E-state index in [1.165, 1.54) is 11.3 Å². The molecule has 0 saturated carbocycles. The number of piperidine rings is 1. The number of thiophene rings is 1. The standard InChI is InChI=1S/C13H17N3O3S/c17-7-8-1-3-16(5-10(8)18)6-11-14-9-2-4-20-12(9)13(19)15-11/h2,4,8,10,17-18H,1,3,5-7H2,(H,14,15,19)/t8-,10-/m1/s1. The van der Waals surface area contributed by atoms with Gasteiger partial charge in [-0.25, -0.2) is 4.98 Å². The number of nitrogens with one attached hydrogen (secondary N) is 1. The van der Waals surface area contributed by atoms with Crippen LogP contribution in [0.25, 0.3) is 10.2 Å². The highest BCUT2D eigenvalue weighted by molar-refractivity contribution is 7.17. The largest absolute Gasteiger partial charge is 0.396 e. The molecule has 0 unspecified atom stereocenters. The summed E-state index contributed by atoms with van der Waals surface area (Å²) in [6.45, 7) is 1.81. The molecule has 0 amide bonds. The molecular formula is C13H17N3O3S. The second kappa shape index (κ2) is 5.61. The molecule has 1 fully saturated rings. The minimum atomic E-state index is -0.523. The van der Waals surface area contributed by atoms with Crippen molar-refractivity contribution >= 4 is 21.6 Å². The van der Waals surface area contributed by atoms with E-state index in [0.717, 1.165) is 18.5 Å². The molecule has 0 spiro atoms. The molecule has 3 N–H and O–H groups in total. The molecule has 0 aliphatic carbocycles. The molecule has 3 rings (SSSR count). The molecule has 1 aliphatic rings. The summed E-state index contributed by atoms with van der Waals surface area (Å²) in [4.78, 5) is 21.2. The number of hydrogen-bond donors (Lipinski definition) is 3. The van der Waals surface area contributed by atoms with Crippen LogP contribution in [0.15, 0.2) is 16.2 Å². The molecule has 6 nitrogen and oxygen atoms in total. The van der Waals surface area contributed by atoms with Gasteiger partial charge in [-0.2, -0.15) is 0 Å². The summed E-state index contributed by atoms with van der Waals surface area (Å²) >= 11 is 1.38. The zero-order valence-corrected chi connectivity index (χ0v) is 11.8. The molecule has 2 atom stereocenters. The molecule has 2 aromatic rings. The fraction of sp³-hybridized carbons (Fsp3) is 0.538. The summed E-state index contributed by atoms with van der Waals surface area (Å²) < 4.78 is 0.646. The first-order valence-corrected chi connectivity index (χ1v) is 7.53. The van der Waals surface area contributed by atoms with Crippen LogP contribution >= 0.6 is 11.3 Å². The highest BCUT2D eigenvalue weighted by atomic mass is 32.1. The first kappa shape index (κ1) is 13.7. The van der Waals surface area contributed by atoms with E-state index in [-0.39, 0.29) is 18.1 Å². The number of aromatic nitrogens is 2. The van der Waals surface area contributed by atoms with Crippen molar-refractivity contribution < 1.29 is 10.2 Å². The summed E-state index contributed by atoms with van der Waals surface area (Å²) in [6.07, 6.45) is 0.230. The molecule has 20 heavy (non-hydrogen) atoms. The van der Waals surface area contributed by atoms with Gasteiger partial charge in [-0.1, -0.05) is 0 Å². The average molecular weight is 295 g/mol. The van der Waals surface area contributed by atoms with Crippen molar-refractivity contribution in [3.8, 4) is 0 Å². The second-order valence-corrected chi connectivity index (χ2v) is 6.10. The lowest BCUT2D eigenvalue weighted by Gasteiger charge is -2.34. The monoisotopic (exact) mass is 295 g/mol. The van der Waals surface area contributed by atoms with E-state index in [2.05, 4.69) is 9.97 Å². The minimum Gasteiger partial charge on any atom is -0.396 e. The maximum Gasteiger partial charge on any atom is 0.268 e. The second-order valence-electron chi connectivity index (χ2n) is 5.18.